The second-order valence-electron chi connectivity index (χ2n) is 9.69. The number of aliphatic hydroxyl groups is 3. The topological polar surface area (TPSA) is 158 Å². The highest BCUT2D eigenvalue weighted by molar-refractivity contribution is 6.24. The van der Waals surface area contributed by atoms with Crippen molar-refractivity contribution in [2.75, 3.05) is 0 Å². The molecule has 2 fully saturated rings. The van der Waals surface area contributed by atoms with E-state index >= 15 is 0 Å². The first kappa shape index (κ1) is 23.2. The quantitative estimate of drug-likeness (QED) is 0.409. The molecule has 2 unspecified atom stereocenters. The normalized spacial score (nSPS) is 29.9. The van der Waals surface area contributed by atoms with Gasteiger partial charge >= 0.3 is 0 Å². The van der Waals surface area contributed by atoms with Crippen LogP contribution in [0.25, 0.3) is 16.9 Å². The number of Topliss-reactive ketones (excluding diaryl/α,β-unsaturated/α-hetero) is 2. The predicted molar refractivity (Wildman–Crippen MR) is 121 cm³/mol. The molecule has 0 bridgehead atoms. The number of phenols is 1. The highest BCUT2D eigenvalue weighted by Crippen LogP contribution is 2.52. The Kier molecular flexibility index (Phi) is 5.12. The van der Waals surface area contributed by atoms with Gasteiger partial charge in [0.05, 0.1) is 11.7 Å². The van der Waals surface area contributed by atoms with E-state index in [9.17, 15) is 39.2 Å². The molecular weight excluding hydrogens is 457 g/mol. The molecule has 0 heterocycles. The Labute approximate surface area is 199 Å². The number of benzene rings is 2. The fraction of sp³-hybridized carbons (Fsp3) is 0.346. The number of halogens is 1. The molecule has 0 spiro atoms. The molecule has 1 amide bonds. The molecule has 0 aliphatic heterocycles. The van der Waals surface area contributed by atoms with Gasteiger partial charge in [-0.25, -0.2) is 4.39 Å². The molecule has 6 N–H and O–H groups in total. The van der Waals surface area contributed by atoms with Crippen LogP contribution in [-0.2, 0) is 20.8 Å². The molecule has 182 valence electrons. The van der Waals surface area contributed by atoms with E-state index in [0.717, 1.165) is 0 Å². The van der Waals surface area contributed by atoms with Gasteiger partial charge in [0.2, 0.25) is 11.7 Å². The number of nitrogens with two attached hydrogens (primary N) is 1. The van der Waals surface area contributed by atoms with Gasteiger partial charge in [-0.05, 0) is 72.6 Å². The fourth-order valence-corrected chi connectivity index (χ4v) is 6.01. The van der Waals surface area contributed by atoms with Crippen molar-refractivity contribution in [1.29, 1.82) is 0 Å². The summed E-state index contributed by atoms with van der Waals surface area (Å²) in [5, 5.41) is 43.4. The molecule has 2 saturated carbocycles. The minimum Gasteiger partial charge on any atom is -0.507 e. The SMILES string of the molecule is Cc1cc(-c2ccc(O)c3c2C[C@H]2C[C@H]4CC(O)C(C(N)=O)C(=O)[C@@]4(O)C(=O)C2=C3O)ccc1F. The van der Waals surface area contributed by atoms with Crippen LogP contribution in [0.1, 0.15) is 29.5 Å². The van der Waals surface area contributed by atoms with Crippen molar-refractivity contribution >= 4 is 23.2 Å². The lowest BCUT2D eigenvalue weighted by atomic mass is 9.56. The number of carbonyl (C=O) groups is 3. The molecule has 3 aliphatic carbocycles. The maximum Gasteiger partial charge on any atom is 0.230 e. The van der Waals surface area contributed by atoms with Crippen molar-refractivity contribution < 1.29 is 39.2 Å². The first-order valence-corrected chi connectivity index (χ1v) is 11.3. The molecule has 5 rings (SSSR count). The number of carbonyl (C=O) groups excluding carboxylic acids is 3. The Morgan fingerprint density at radius 3 is 2.51 bits per heavy atom. The highest BCUT2D eigenvalue weighted by Gasteiger charge is 2.63. The summed E-state index contributed by atoms with van der Waals surface area (Å²) in [7, 11) is 0. The van der Waals surface area contributed by atoms with E-state index < -0.39 is 52.7 Å². The van der Waals surface area contributed by atoms with Crippen LogP contribution in [0, 0.1) is 30.5 Å². The number of fused-ring (bicyclic) bond motifs is 3. The van der Waals surface area contributed by atoms with Crippen LogP contribution in [0.5, 0.6) is 5.75 Å². The summed E-state index contributed by atoms with van der Waals surface area (Å²) in [5.41, 5.74) is 4.68. The fourth-order valence-electron chi connectivity index (χ4n) is 6.01. The molecular formula is C26H24FNO7. The summed E-state index contributed by atoms with van der Waals surface area (Å²) in [6.45, 7) is 1.62. The van der Waals surface area contributed by atoms with Gasteiger partial charge < -0.3 is 26.2 Å². The lowest BCUT2D eigenvalue weighted by Crippen LogP contribution is -2.66. The molecule has 5 atom stereocenters. The van der Waals surface area contributed by atoms with E-state index in [4.69, 9.17) is 5.73 Å². The van der Waals surface area contributed by atoms with Crippen LogP contribution in [0.15, 0.2) is 35.9 Å². The highest BCUT2D eigenvalue weighted by atomic mass is 19.1. The third-order valence-electron chi connectivity index (χ3n) is 7.74. The lowest BCUT2D eigenvalue weighted by Gasteiger charge is -2.48. The summed E-state index contributed by atoms with van der Waals surface area (Å²) >= 11 is 0. The zero-order chi connectivity index (χ0) is 25.4. The summed E-state index contributed by atoms with van der Waals surface area (Å²) in [5.74, 6) is -7.94. The predicted octanol–water partition coefficient (Wildman–Crippen LogP) is 1.70. The van der Waals surface area contributed by atoms with Gasteiger partial charge in [-0.1, -0.05) is 12.1 Å². The number of hydrogen-bond donors (Lipinski definition) is 5. The Morgan fingerprint density at radius 2 is 1.86 bits per heavy atom. The molecule has 2 aromatic rings. The average Bonchev–Trinajstić information content (AvgIpc) is 2.78. The van der Waals surface area contributed by atoms with Crippen molar-refractivity contribution in [3.8, 4) is 16.9 Å². The Morgan fingerprint density at radius 1 is 1.14 bits per heavy atom. The Balaban J connectivity index is 1.67. The molecule has 3 aliphatic rings. The van der Waals surface area contributed by atoms with E-state index in [-0.39, 0.29) is 42.0 Å². The van der Waals surface area contributed by atoms with Gasteiger partial charge in [0.15, 0.2) is 11.4 Å². The van der Waals surface area contributed by atoms with Gasteiger partial charge in [0, 0.05) is 11.5 Å². The Hall–Kier alpha value is -3.56. The zero-order valence-electron chi connectivity index (χ0n) is 18.8. The molecule has 0 radical (unpaired) electrons. The monoisotopic (exact) mass is 481 g/mol. The maximum absolute atomic E-state index is 13.9. The third-order valence-corrected chi connectivity index (χ3v) is 7.74. The smallest absolute Gasteiger partial charge is 0.230 e. The maximum atomic E-state index is 13.9. The number of ketones is 2. The minimum absolute atomic E-state index is 0.000808. The van der Waals surface area contributed by atoms with E-state index in [1.807, 2.05) is 0 Å². The molecule has 9 heteroatoms. The average molecular weight is 481 g/mol. The summed E-state index contributed by atoms with van der Waals surface area (Å²) < 4.78 is 13.9. The van der Waals surface area contributed by atoms with Crippen molar-refractivity contribution in [3.05, 3.63) is 58.4 Å². The number of aryl methyl sites for hydroxylation is 1. The summed E-state index contributed by atoms with van der Waals surface area (Å²) in [6, 6.07) is 7.53. The van der Waals surface area contributed by atoms with Gasteiger partial charge in [-0.3, -0.25) is 14.4 Å². The van der Waals surface area contributed by atoms with Crippen LogP contribution in [0.2, 0.25) is 0 Å². The van der Waals surface area contributed by atoms with E-state index in [0.29, 0.717) is 22.3 Å². The minimum atomic E-state index is -2.61. The lowest BCUT2D eigenvalue weighted by molar-refractivity contribution is -0.174. The standard InChI is InChI=1S/C26H24FNO7/c1-10-6-11(2-4-16(10)27)14-3-5-17(29)20-15(14)8-12-7-13-9-18(30)21(25(28)34)24(33)26(13,35)23(32)19(12)22(20)31/h2-6,12-13,18,21,29-31,35H,7-9H2,1H3,(H2,28,34)/t12-,13+,18?,21?,26+/m1/s1. The van der Waals surface area contributed by atoms with E-state index in [1.165, 1.54) is 12.1 Å². The number of hydrogen-bond acceptors (Lipinski definition) is 7. The van der Waals surface area contributed by atoms with Crippen molar-refractivity contribution in [2.24, 2.45) is 23.5 Å². The van der Waals surface area contributed by atoms with Gasteiger partial charge in [0.25, 0.3) is 0 Å². The second kappa shape index (κ2) is 7.73. The van der Waals surface area contributed by atoms with Crippen LogP contribution in [0.3, 0.4) is 0 Å². The third kappa shape index (κ3) is 3.15. The molecule has 8 nitrogen and oxygen atoms in total. The van der Waals surface area contributed by atoms with Crippen LogP contribution >= 0.6 is 0 Å². The number of phenolic OH excluding ortho intramolecular Hbond substituents is 1. The Bertz CT molecular complexity index is 1350. The number of primary amides is 1. The first-order valence-electron chi connectivity index (χ1n) is 11.3. The first-order chi connectivity index (χ1) is 16.5. The largest absolute Gasteiger partial charge is 0.507 e. The van der Waals surface area contributed by atoms with Gasteiger partial charge in [-0.15, -0.1) is 0 Å². The molecule has 35 heavy (non-hydrogen) atoms. The number of rotatable bonds is 2. The zero-order valence-corrected chi connectivity index (χ0v) is 18.8. The van der Waals surface area contributed by atoms with Crippen molar-refractivity contribution in [1.82, 2.24) is 0 Å². The van der Waals surface area contributed by atoms with Gasteiger partial charge in [-0.2, -0.15) is 0 Å². The van der Waals surface area contributed by atoms with Crippen LogP contribution < -0.4 is 5.73 Å². The van der Waals surface area contributed by atoms with Gasteiger partial charge in [0.1, 0.15) is 23.2 Å². The molecule has 2 aromatic carbocycles. The second-order valence-corrected chi connectivity index (χ2v) is 9.69. The van der Waals surface area contributed by atoms with Crippen LogP contribution in [-0.4, -0.2) is 49.6 Å². The van der Waals surface area contributed by atoms with E-state index in [2.05, 4.69) is 0 Å². The molecule has 0 aromatic heterocycles. The summed E-state index contributed by atoms with van der Waals surface area (Å²) in [4.78, 5) is 38.3. The molecule has 0 saturated heterocycles. The van der Waals surface area contributed by atoms with E-state index in [1.54, 1.807) is 25.1 Å². The number of aromatic hydroxyl groups is 1. The number of aliphatic hydroxyl groups excluding tert-OH is 2. The van der Waals surface area contributed by atoms with Crippen molar-refractivity contribution in [3.63, 3.8) is 0 Å². The number of amides is 1. The van der Waals surface area contributed by atoms with Crippen LogP contribution in [0.4, 0.5) is 4.39 Å². The van der Waals surface area contributed by atoms with Crippen molar-refractivity contribution in [2.45, 2.75) is 37.9 Å². The summed E-state index contributed by atoms with van der Waals surface area (Å²) in [6.07, 6.45) is -1.36.